The van der Waals surface area contributed by atoms with Gasteiger partial charge in [-0.2, -0.15) is 16.8 Å². The molecular weight excluding hydrogens is 396 g/mol. The molecule has 7 heteroatoms. The van der Waals surface area contributed by atoms with Crippen LogP contribution in [0.2, 0.25) is 0 Å². The van der Waals surface area contributed by atoms with Gasteiger partial charge in [-0.15, -0.1) is 11.8 Å². The molecule has 27 heavy (non-hydrogen) atoms. The third-order valence-electron chi connectivity index (χ3n) is 4.02. The molecule has 2 aromatic carbocycles. The highest BCUT2D eigenvalue weighted by molar-refractivity contribution is 7.99. The van der Waals surface area contributed by atoms with Gasteiger partial charge in [0.25, 0.3) is 5.91 Å². The Morgan fingerprint density at radius 1 is 1.22 bits per heavy atom. The summed E-state index contributed by atoms with van der Waals surface area (Å²) in [5.74, 6) is 2.56. The number of hydrogen-bond acceptors (Lipinski definition) is 5. The number of aromatic nitrogens is 1. The Bertz CT molecular complexity index is 991. The van der Waals surface area contributed by atoms with Crippen molar-refractivity contribution in [2.75, 3.05) is 24.9 Å². The van der Waals surface area contributed by atoms with Crippen LogP contribution in [0.3, 0.4) is 0 Å². The number of fused-ring (bicyclic) bond motifs is 1. The maximum absolute atomic E-state index is 12.7. The van der Waals surface area contributed by atoms with E-state index in [2.05, 4.69) is 22.7 Å². The van der Waals surface area contributed by atoms with Gasteiger partial charge in [0.1, 0.15) is 5.75 Å². The monoisotopic (exact) mass is 418 g/mol. The van der Waals surface area contributed by atoms with Gasteiger partial charge in [-0.1, -0.05) is 18.3 Å². The van der Waals surface area contributed by atoms with Crippen LogP contribution in [0, 0.1) is 0 Å². The molecule has 0 saturated heterocycles. The van der Waals surface area contributed by atoms with Gasteiger partial charge in [0.15, 0.2) is 4.80 Å². The standard InChI is InChI=1S/C20H22N2O2S3/c1-4-26-16-8-5-14(6-9-16)19(23)21-20-22(11-12-25-3)17-13-15(24-2)7-10-18(17)27-20/h5-10,13H,4,11-12H2,1-3H3. The quantitative estimate of drug-likeness (QED) is 0.511. The lowest BCUT2D eigenvalue weighted by atomic mass is 10.2. The third-order valence-corrected chi connectivity index (χ3v) is 6.56. The van der Waals surface area contributed by atoms with Crippen molar-refractivity contribution in [1.82, 2.24) is 4.57 Å². The molecule has 0 fully saturated rings. The maximum Gasteiger partial charge on any atom is 0.279 e. The van der Waals surface area contributed by atoms with Crippen LogP contribution in [0.4, 0.5) is 0 Å². The Balaban J connectivity index is 2.01. The first kappa shape index (κ1) is 20.0. The van der Waals surface area contributed by atoms with Gasteiger partial charge in [-0.25, -0.2) is 0 Å². The molecule has 3 rings (SSSR count). The molecule has 0 N–H and O–H groups in total. The topological polar surface area (TPSA) is 43.6 Å². The van der Waals surface area contributed by atoms with Gasteiger partial charge in [0, 0.05) is 28.8 Å². The Morgan fingerprint density at radius 2 is 2.00 bits per heavy atom. The number of thiazole rings is 1. The van der Waals surface area contributed by atoms with E-state index in [0.29, 0.717) is 5.56 Å². The molecular formula is C20H22N2O2S3. The largest absolute Gasteiger partial charge is 0.497 e. The lowest BCUT2D eigenvalue weighted by Crippen LogP contribution is -2.18. The molecule has 0 aliphatic carbocycles. The Hall–Kier alpha value is -1.70. The van der Waals surface area contributed by atoms with E-state index in [-0.39, 0.29) is 5.91 Å². The molecule has 142 valence electrons. The molecule has 0 bridgehead atoms. The van der Waals surface area contributed by atoms with Crippen molar-refractivity contribution in [2.45, 2.75) is 18.4 Å². The minimum absolute atomic E-state index is 0.209. The van der Waals surface area contributed by atoms with E-state index in [4.69, 9.17) is 4.74 Å². The fourth-order valence-electron chi connectivity index (χ4n) is 2.67. The second-order valence-corrected chi connectivity index (χ2v) is 9.07. The number of thioether (sulfide) groups is 2. The molecule has 0 spiro atoms. The van der Waals surface area contributed by atoms with Crippen molar-refractivity contribution in [1.29, 1.82) is 0 Å². The van der Waals surface area contributed by atoms with E-state index in [1.165, 1.54) is 11.3 Å². The summed E-state index contributed by atoms with van der Waals surface area (Å²) >= 11 is 5.07. The molecule has 4 nitrogen and oxygen atoms in total. The normalized spacial score (nSPS) is 11.9. The van der Waals surface area contributed by atoms with Crippen LogP contribution in [0.25, 0.3) is 10.2 Å². The number of ether oxygens (including phenoxy) is 1. The minimum atomic E-state index is -0.209. The predicted octanol–water partition coefficient (Wildman–Crippen LogP) is 4.93. The maximum atomic E-state index is 12.7. The highest BCUT2D eigenvalue weighted by atomic mass is 32.2. The summed E-state index contributed by atoms with van der Waals surface area (Å²) < 4.78 is 8.56. The second kappa shape index (κ2) is 9.48. The van der Waals surface area contributed by atoms with Crippen LogP contribution in [-0.2, 0) is 6.54 Å². The van der Waals surface area contributed by atoms with Crippen LogP contribution in [-0.4, -0.2) is 35.3 Å². The summed E-state index contributed by atoms with van der Waals surface area (Å²) in [6.07, 6.45) is 2.08. The number of benzene rings is 2. The van der Waals surface area contributed by atoms with Crippen molar-refractivity contribution in [3.05, 3.63) is 52.8 Å². The molecule has 0 aliphatic rings. The van der Waals surface area contributed by atoms with Gasteiger partial charge in [0.05, 0.1) is 17.3 Å². The summed E-state index contributed by atoms with van der Waals surface area (Å²) in [6.45, 7) is 2.91. The van der Waals surface area contributed by atoms with E-state index in [1.54, 1.807) is 30.6 Å². The lowest BCUT2D eigenvalue weighted by molar-refractivity contribution is 0.0998. The van der Waals surface area contributed by atoms with Gasteiger partial charge in [-0.05, 0) is 48.4 Å². The Morgan fingerprint density at radius 3 is 2.67 bits per heavy atom. The van der Waals surface area contributed by atoms with Crippen molar-refractivity contribution in [2.24, 2.45) is 4.99 Å². The zero-order valence-electron chi connectivity index (χ0n) is 15.6. The van der Waals surface area contributed by atoms with Gasteiger partial charge in [-0.3, -0.25) is 4.79 Å². The van der Waals surface area contributed by atoms with Gasteiger partial charge >= 0.3 is 0 Å². The number of carbonyl (C=O) groups is 1. The molecule has 0 radical (unpaired) electrons. The van der Waals surface area contributed by atoms with Crippen molar-refractivity contribution >= 4 is 51.0 Å². The second-order valence-electron chi connectivity index (χ2n) is 5.74. The number of nitrogens with zero attached hydrogens (tertiary/aromatic N) is 2. The zero-order chi connectivity index (χ0) is 19.2. The average molecular weight is 419 g/mol. The molecule has 3 aromatic rings. The summed E-state index contributed by atoms with van der Waals surface area (Å²) in [5, 5.41) is 0. The van der Waals surface area contributed by atoms with Crippen LogP contribution in [0.1, 0.15) is 17.3 Å². The zero-order valence-corrected chi connectivity index (χ0v) is 18.0. The average Bonchev–Trinajstić information content (AvgIpc) is 3.03. The third kappa shape index (κ3) is 4.78. The highest BCUT2D eigenvalue weighted by Gasteiger charge is 2.10. The lowest BCUT2D eigenvalue weighted by Gasteiger charge is -2.05. The van der Waals surface area contributed by atoms with Crippen LogP contribution in [0.15, 0.2) is 52.4 Å². The summed E-state index contributed by atoms with van der Waals surface area (Å²) in [4.78, 5) is 19.0. The summed E-state index contributed by atoms with van der Waals surface area (Å²) in [6, 6.07) is 13.6. The van der Waals surface area contributed by atoms with E-state index in [1.807, 2.05) is 42.5 Å². The first-order valence-electron chi connectivity index (χ1n) is 8.64. The molecule has 1 heterocycles. The van der Waals surface area contributed by atoms with Crippen molar-refractivity contribution in [3.63, 3.8) is 0 Å². The van der Waals surface area contributed by atoms with Crippen LogP contribution < -0.4 is 9.54 Å². The van der Waals surface area contributed by atoms with E-state index in [0.717, 1.165) is 43.7 Å². The van der Waals surface area contributed by atoms with E-state index >= 15 is 0 Å². The number of rotatable bonds is 7. The van der Waals surface area contributed by atoms with Crippen molar-refractivity contribution < 1.29 is 9.53 Å². The fourth-order valence-corrected chi connectivity index (χ4v) is 4.73. The first-order chi connectivity index (χ1) is 13.2. The molecule has 0 unspecified atom stereocenters. The van der Waals surface area contributed by atoms with Gasteiger partial charge < -0.3 is 9.30 Å². The Kier molecular flexibility index (Phi) is 7.04. The van der Waals surface area contributed by atoms with Gasteiger partial charge in [0.2, 0.25) is 0 Å². The van der Waals surface area contributed by atoms with Crippen LogP contribution >= 0.6 is 34.9 Å². The molecule has 0 saturated carbocycles. The van der Waals surface area contributed by atoms with Crippen LogP contribution in [0.5, 0.6) is 5.75 Å². The Labute approximate surface area is 171 Å². The number of amides is 1. The minimum Gasteiger partial charge on any atom is -0.497 e. The highest BCUT2D eigenvalue weighted by Crippen LogP contribution is 2.23. The molecule has 1 aromatic heterocycles. The summed E-state index contributed by atoms with van der Waals surface area (Å²) in [7, 11) is 1.66. The van der Waals surface area contributed by atoms with E-state index in [9.17, 15) is 4.79 Å². The predicted molar refractivity (Wildman–Crippen MR) is 117 cm³/mol. The SMILES string of the molecule is CCSc1ccc(C(=O)N=c2sc3ccc(OC)cc3n2CCSC)cc1. The van der Waals surface area contributed by atoms with E-state index < -0.39 is 0 Å². The smallest absolute Gasteiger partial charge is 0.279 e. The molecule has 1 amide bonds. The fraction of sp³-hybridized carbons (Fsp3) is 0.300. The number of methoxy groups -OCH3 is 1. The molecule has 0 atom stereocenters. The number of carbonyl (C=O) groups excluding carboxylic acids is 1. The van der Waals surface area contributed by atoms with Crippen molar-refractivity contribution in [3.8, 4) is 5.75 Å². The number of hydrogen-bond donors (Lipinski definition) is 0. The molecule has 0 aliphatic heterocycles. The first-order valence-corrected chi connectivity index (χ1v) is 11.8. The number of aryl methyl sites for hydroxylation is 1. The summed E-state index contributed by atoms with van der Waals surface area (Å²) in [5.41, 5.74) is 1.66.